The van der Waals surface area contributed by atoms with Gasteiger partial charge in [0.2, 0.25) is 0 Å². The molecule has 3 rings (SSSR count). The third kappa shape index (κ3) is 3.15. The van der Waals surface area contributed by atoms with Gasteiger partial charge < -0.3 is 10.1 Å². The second-order valence-electron chi connectivity index (χ2n) is 5.92. The molecule has 0 aliphatic carbocycles. The van der Waals surface area contributed by atoms with E-state index in [0.717, 1.165) is 15.7 Å². The molecule has 26 heavy (non-hydrogen) atoms. The largest absolute Gasteiger partial charge is 0.441 e. The van der Waals surface area contributed by atoms with Crippen LogP contribution in [0.5, 0.6) is 0 Å². The lowest BCUT2D eigenvalue weighted by molar-refractivity contribution is 0.138. The van der Waals surface area contributed by atoms with Crippen molar-refractivity contribution in [1.82, 2.24) is 14.9 Å². The van der Waals surface area contributed by atoms with Crippen LogP contribution >= 0.6 is 0 Å². The molecule has 134 valence electrons. The maximum Gasteiger partial charge on any atom is 0.407 e. The molecule has 1 amide bonds. The van der Waals surface area contributed by atoms with Gasteiger partial charge in [-0.25, -0.2) is 14.2 Å². The predicted molar refractivity (Wildman–Crippen MR) is 96.0 cm³/mol. The number of benzene rings is 2. The Bertz CT molecular complexity index is 1060. The molecule has 0 fully saturated rings. The normalized spacial score (nSPS) is 10.8. The first-order valence-electron chi connectivity index (χ1n) is 8.04. The Hall–Kier alpha value is -3.22. The SMILES string of the molecule is CNC(=O)OCc1nc2cc(C)cc(C)c2c(=O)n1-c1ccccc1F. The zero-order valence-electron chi connectivity index (χ0n) is 14.7. The van der Waals surface area contributed by atoms with Crippen LogP contribution in [0, 0.1) is 19.7 Å². The number of hydrogen-bond donors (Lipinski definition) is 1. The average Bonchev–Trinajstić information content (AvgIpc) is 2.60. The summed E-state index contributed by atoms with van der Waals surface area (Å²) < 4.78 is 20.6. The smallest absolute Gasteiger partial charge is 0.407 e. The van der Waals surface area contributed by atoms with Crippen molar-refractivity contribution >= 4 is 17.0 Å². The highest BCUT2D eigenvalue weighted by atomic mass is 19.1. The Morgan fingerprint density at radius 3 is 2.69 bits per heavy atom. The van der Waals surface area contributed by atoms with Crippen molar-refractivity contribution in [2.24, 2.45) is 0 Å². The second-order valence-corrected chi connectivity index (χ2v) is 5.92. The molecule has 1 N–H and O–H groups in total. The molecule has 0 aliphatic heterocycles. The summed E-state index contributed by atoms with van der Waals surface area (Å²) >= 11 is 0. The van der Waals surface area contributed by atoms with Gasteiger partial charge in [-0.2, -0.15) is 0 Å². The Balaban J connectivity index is 2.32. The zero-order chi connectivity index (χ0) is 18.8. The Morgan fingerprint density at radius 1 is 1.27 bits per heavy atom. The van der Waals surface area contributed by atoms with Gasteiger partial charge in [-0.3, -0.25) is 9.36 Å². The van der Waals surface area contributed by atoms with E-state index >= 15 is 0 Å². The third-order valence-electron chi connectivity index (χ3n) is 4.01. The molecule has 0 spiro atoms. The molecule has 7 heteroatoms. The fraction of sp³-hybridized carbons (Fsp3) is 0.211. The molecular weight excluding hydrogens is 337 g/mol. The van der Waals surface area contributed by atoms with E-state index in [4.69, 9.17) is 4.74 Å². The standard InChI is InChI=1S/C19H18FN3O3/c1-11-8-12(2)17-14(9-11)22-16(10-26-19(25)21-3)23(18(17)24)15-7-5-4-6-13(15)20/h4-9H,10H2,1-3H3,(H,21,25). The molecule has 0 bridgehead atoms. The van der Waals surface area contributed by atoms with Crippen LogP contribution in [0.25, 0.3) is 16.6 Å². The second kappa shape index (κ2) is 6.95. The minimum Gasteiger partial charge on any atom is -0.441 e. The van der Waals surface area contributed by atoms with Gasteiger partial charge in [-0.15, -0.1) is 0 Å². The first-order chi connectivity index (χ1) is 12.4. The van der Waals surface area contributed by atoms with E-state index in [9.17, 15) is 14.0 Å². The van der Waals surface area contributed by atoms with Crippen LogP contribution in [0.2, 0.25) is 0 Å². The average molecular weight is 355 g/mol. The number of aryl methyl sites for hydroxylation is 2. The molecule has 0 atom stereocenters. The number of nitrogens with one attached hydrogen (secondary N) is 1. The number of halogens is 1. The van der Waals surface area contributed by atoms with E-state index in [1.807, 2.05) is 19.9 Å². The van der Waals surface area contributed by atoms with E-state index < -0.39 is 17.5 Å². The molecule has 0 unspecified atom stereocenters. The predicted octanol–water partition coefficient (Wildman–Crippen LogP) is 3.00. The zero-order valence-corrected chi connectivity index (χ0v) is 14.7. The number of carbonyl (C=O) groups excluding carboxylic acids is 1. The number of ether oxygens (including phenoxy) is 1. The Kier molecular flexibility index (Phi) is 4.71. The van der Waals surface area contributed by atoms with Crippen molar-refractivity contribution in [3.63, 3.8) is 0 Å². The molecule has 0 aliphatic rings. The third-order valence-corrected chi connectivity index (χ3v) is 4.01. The van der Waals surface area contributed by atoms with Crippen LogP contribution in [0.4, 0.5) is 9.18 Å². The molecular formula is C19H18FN3O3. The van der Waals surface area contributed by atoms with Crippen molar-refractivity contribution < 1.29 is 13.9 Å². The summed E-state index contributed by atoms with van der Waals surface area (Å²) in [4.78, 5) is 29.1. The maximum atomic E-state index is 14.4. The minimum absolute atomic E-state index is 0.0578. The van der Waals surface area contributed by atoms with E-state index in [2.05, 4.69) is 10.3 Å². The van der Waals surface area contributed by atoms with E-state index in [1.165, 1.54) is 25.2 Å². The Labute approximate surface area is 149 Å². The van der Waals surface area contributed by atoms with Crippen LogP contribution in [-0.4, -0.2) is 22.7 Å². The van der Waals surface area contributed by atoms with Crippen molar-refractivity contribution in [3.8, 4) is 5.69 Å². The summed E-state index contributed by atoms with van der Waals surface area (Å²) in [6, 6.07) is 9.55. The first-order valence-corrected chi connectivity index (χ1v) is 8.04. The van der Waals surface area contributed by atoms with Gasteiger partial charge in [-0.1, -0.05) is 18.2 Å². The number of carbonyl (C=O) groups is 1. The van der Waals surface area contributed by atoms with Gasteiger partial charge in [0.1, 0.15) is 5.82 Å². The van der Waals surface area contributed by atoms with Gasteiger partial charge in [-0.05, 0) is 43.2 Å². The van der Waals surface area contributed by atoms with Crippen molar-refractivity contribution in [3.05, 3.63) is 69.5 Å². The lowest BCUT2D eigenvalue weighted by Crippen LogP contribution is -2.27. The summed E-state index contributed by atoms with van der Waals surface area (Å²) in [6.07, 6.45) is -0.667. The van der Waals surface area contributed by atoms with Crippen molar-refractivity contribution in [2.75, 3.05) is 7.05 Å². The molecule has 1 heterocycles. The minimum atomic E-state index is -0.667. The van der Waals surface area contributed by atoms with Crippen LogP contribution < -0.4 is 10.9 Å². The number of fused-ring (bicyclic) bond motifs is 1. The van der Waals surface area contributed by atoms with E-state index in [0.29, 0.717) is 10.9 Å². The summed E-state index contributed by atoms with van der Waals surface area (Å²) in [6.45, 7) is 3.44. The first kappa shape index (κ1) is 17.6. The van der Waals surface area contributed by atoms with Crippen molar-refractivity contribution in [2.45, 2.75) is 20.5 Å². The van der Waals surface area contributed by atoms with Gasteiger partial charge in [0.25, 0.3) is 5.56 Å². The molecule has 1 aromatic heterocycles. The molecule has 0 saturated carbocycles. The van der Waals surface area contributed by atoms with Crippen LogP contribution in [-0.2, 0) is 11.3 Å². The van der Waals surface area contributed by atoms with Gasteiger partial charge in [0.15, 0.2) is 12.4 Å². The van der Waals surface area contributed by atoms with Gasteiger partial charge in [0, 0.05) is 7.05 Å². The quantitative estimate of drug-likeness (QED) is 0.784. The number of para-hydroxylation sites is 1. The lowest BCUT2D eigenvalue weighted by Gasteiger charge is -2.15. The molecule has 0 saturated heterocycles. The summed E-state index contributed by atoms with van der Waals surface area (Å²) in [5.41, 5.74) is 1.83. The molecule has 3 aromatic rings. The number of rotatable bonds is 3. The Morgan fingerprint density at radius 2 is 2.00 bits per heavy atom. The highest BCUT2D eigenvalue weighted by Gasteiger charge is 2.18. The fourth-order valence-electron chi connectivity index (χ4n) is 2.91. The maximum absolute atomic E-state index is 14.4. The van der Waals surface area contributed by atoms with Gasteiger partial charge in [0.05, 0.1) is 16.6 Å². The van der Waals surface area contributed by atoms with Crippen LogP contribution in [0.1, 0.15) is 17.0 Å². The lowest BCUT2D eigenvalue weighted by atomic mass is 10.1. The summed E-state index contributed by atoms with van der Waals surface area (Å²) in [5.74, 6) is -0.428. The highest BCUT2D eigenvalue weighted by Crippen LogP contribution is 2.20. The summed E-state index contributed by atoms with van der Waals surface area (Å²) in [7, 11) is 1.42. The van der Waals surface area contributed by atoms with Crippen LogP contribution in [0.15, 0.2) is 41.2 Å². The molecule has 2 aromatic carbocycles. The number of nitrogens with zero attached hydrogens (tertiary/aromatic N) is 2. The molecule has 0 radical (unpaired) electrons. The van der Waals surface area contributed by atoms with Crippen molar-refractivity contribution in [1.29, 1.82) is 0 Å². The monoisotopic (exact) mass is 355 g/mol. The number of aromatic nitrogens is 2. The molecule has 6 nitrogen and oxygen atoms in total. The summed E-state index contributed by atoms with van der Waals surface area (Å²) in [5, 5.41) is 2.73. The van der Waals surface area contributed by atoms with E-state index in [-0.39, 0.29) is 18.1 Å². The number of alkyl carbamates (subject to hydrolysis) is 1. The van der Waals surface area contributed by atoms with E-state index in [1.54, 1.807) is 12.1 Å². The number of hydrogen-bond acceptors (Lipinski definition) is 4. The number of amides is 1. The van der Waals surface area contributed by atoms with Gasteiger partial charge >= 0.3 is 6.09 Å². The topological polar surface area (TPSA) is 73.2 Å². The fourth-order valence-corrected chi connectivity index (χ4v) is 2.91. The highest BCUT2D eigenvalue weighted by molar-refractivity contribution is 5.82. The van der Waals surface area contributed by atoms with Crippen LogP contribution in [0.3, 0.4) is 0 Å².